The van der Waals surface area contributed by atoms with Gasteiger partial charge in [-0.3, -0.25) is 0 Å². The van der Waals surface area contributed by atoms with Crippen molar-refractivity contribution in [1.29, 1.82) is 0 Å². The molecule has 1 aromatic carbocycles. The second-order valence-corrected chi connectivity index (χ2v) is 6.03. The molecule has 4 heteroatoms. The van der Waals surface area contributed by atoms with Gasteiger partial charge in [0.2, 0.25) is 0 Å². The number of hydrogen-bond acceptors (Lipinski definition) is 2. The van der Waals surface area contributed by atoms with Gasteiger partial charge >= 0.3 is 0 Å². The van der Waals surface area contributed by atoms with E-state index in [1.165, 1.54) is 0 Å². The van der Waals surface area contributed by atoms with Crippen molar-refractivity contribution in [3.05, 3.63) is 28.5 Å². The van der Waals surface area contributed by atoms with Crippen LogP contribution >= 0.6 is 15.9 Å². The molecule has 2 nitrogen and oxygen atoms in total. The van der Waals surface area contributed by atoms with E-state index in [1.807, 2.05) is 6.07 Å². The summed E-state index contributed by atoms with van der Waals surface area (Å²) in [6, 6.07) is 6.30. The normalized spacial score (nSPS) is 18.3. The topological polar surface area (TPSA) is 15.3 Å². The molecule has 1 fully saturated rings. The lowest BCUT2D eigenvalue weighted by Gasteiger charge is -2.35. The molecule has 1 aromatic rings. The number of anilines is 1. The van der Waals surface area contributed by atoms with Crippen LogP contribution in [0.1, 0.15) is 26.7 Å². The van der Waals surface area contributed by atoms with Crippen LogP contribution in [0.3, 0.4) is 0 Å². The highest BCUT2D eigenvalue weighted by atomic mass is 79.9. The van der Waals surface area contributed by atoms with Crippen molar-refractivity contribution in [1.82, 2.24) is 4.90 Å². The quantitative estimate of drug-likeness (QED) is 0.911. The van der Waals surface area contributed by atoms with E-state index in [4.69, 9.17) is 0 Å². The molecule has 18 heavy (non-hydrogen) atoms. The van der Waals surface area contributed by atoms with E-state index >= 15 is 0 Å². The Morgan fingerprint density at radius 2 is 2.00 bits per heavy atom. The lowest BCUT2D eigenvalue weighted by atomic mass is 10.0. The standard InChI is InChI=1S/C14H20BrFN2/c1-10(2)18-7-5-11(6-8-18)17-12-3-4-13(15)14(16)9-12/h3-4,9-11,17H,5-8H2,1-2H3. The second kappa shape index (κ2) is 6.02. The Morgan fingerprint density at radius 1 is 1.33 bits per heavy atom. The molecular formula is C14H20BrFN2. The first kappa shape index (κ1) is 13.8. The molecule has 100 valence electrons. The second-order valence-electron chi connectivity index (χ2n) is 5.18. The fraction of sp³-hybridized carbons (Fsp3) is 0.571. The summed E-state index contributed by atoms with van der Waals surface area (Å²) in [5.41, 5.74) is 0.874. The molecule has 1 heterocycles. The number of hydrogen-bond donors (Lipinski definition) is 1. The fourth-order valence-corrected chi connectivity index (χ4v) is 2.63. The van der Waals surface area contributed by atoms with Crippen molar-refractivity contribution in [3.63, 3.8) is 0 Å². The van der Waals surface area contributed by atoms with Gasteiger partial charge in [0.25, 0.3) is 0 Å². The average Bonchev–Trinajstić information content (AvgIpc) is 2.34. The van der Waals surface area contributed by atoms with Crippen molar-refractivity contribution in [2.45, 2.75) is 38.8 Å². The van der Waals surface area contributed by atoms with Gasteiger partial charge in [0.05, 0.1) is 4.47 Å². The minimum atomic E-state index is -0.209. The van der Waals surface area contributed by atoms with Gasteiger partial charge in [0, 0.05) is 30.9 Å². The van der Waals surface area contributed by atoms with E-state index in [0.29, 0.717) is 16.6 Å². The van der Waals surface area contributed by atoms with E-state index in [-0.39, 0.29) is 5.82 Å². The zero-order valence-corrected chi connectivity index (χ0v) is 12.5. The summed E-state index contributed by atoms with van der Waals surface area (Å²) in [6.45, 7) is 6.71. The van der Waals surface area contributed by atoms with Crippen LogP contribution in [0.25, 0.3) is 0 Å². The molecule has 1 saturated heterocycles. The van der Waals surface area contributed by atoms with Gasteiger partial charge < -0.3 is 10.2 Å². The molecule has 0 radical (unpaired) electrons. The van der Waals surface area contributed by atoms with Crippen molar-refractivity contribution in [2.24, 2.45) is 0 Å². The molecule has 0 saturated carbocycles. The van der Waals surface area contributed by atoms with Gasteiger partial charge in [-0.05, 0) is 60.8 Å². The smallest absolute Gasteiger partial charge is 0.139 e. The van der Waals surface area contributed by atoms with E-state index in [0.717, 1.165) is 31.6 Å². The van der Waals surface area contributed by atoms with E-state index < -0.39 is 0 Å². The maximum Gasteiger partial charge on any atom is 0.139 e. The van der Waals surface area contributed by atoms with Crippen molar-refractivity contribution in [3.8, 4) is 0 Å². The highest BCUT2D eigenvalue weighted by Gasteiger charge is 2.20. The summed E-state index contributed by atoms with van der Waals surface area (Å²) in [7, 11) is 0. The fourth-order valence-electron chi connectivity index (χ4n) is 2.38. The Hall–Kier alpha value is -0.610. The van der Waals surface area contributed by atoms with Gasteiger partial charge in [-0.15, -0.1) is 0 Å². The molecule has 1 N–H and O–H groups in total. The maximum atomic E-state index is 13.4. The molecule has 0 amide bonds. The number of rotatable bonds is 3. The van der Waals surface area contributed by atoms with Crippen LogP contribution in [0, 0.1) is 5.82 Å². The van der Waals surface area contributed by atoms with Crippen LogP contribution in [-0.4, -0.2) is 30.1 Å². The predicted octanol–water partition coefficient (Wildman–Crippen LogP) is 3.87. The van der Waals surface area contributed by atoms with E-state index in [1.54, 1.807) is 12.1 Å². The van der Waals surface area contributed by atoms with E-state index in [9.17, 15) is 4.39 Å². The number of nitrogens with zero attached hydrogens (tertiary/aromatic N) is 1. The monoisotopic (exact) mass is 314 g/mol. The third-order valence-electron chi connectivity index (χ3n) is 3.55. The Morgan fingerprint density at radius 3 is 2.56 bits per heavy atom. The number of halogens is 2. The number of nitrogens with one attached hydrogen (secondary N) is 1. The van der Waals surface area contributed by atoms with Gasteiger partial charge in [-0.25, -0.2) is 4.39 Å². The molecule has 0 atom stereocenters. The van der Waals surface area contributed by atoms with Gasteiger partial charge in [0.15, 0.2) is 0 Å². The minimum Gasteiger partial charge on any atom is -0.382 e. The summed E-state index contributed by atoms with van der Waals surface area (Å²) in [4.78, 5) is 2.49. The largest absolute Gasteiger partial charge is 0.382 e. The van der Waals surface area contributed by atoms with Crippen LogP contribution < -0.4 is 5.32 Å². The summed E-state index contributed by atoms with van der Waals surface area (Å²) >= 11 is 3.17. The third-order valence-corrected chi connectivity index (χ3v) is 4.19. The van der Waals surface area contributed by atoms with Crippen molar-refractivity contribution < 1.29 is 4.39 Å². The zero-order valence-electron chi connectivity index (χ0n) is 10.9. The molecule has 0 unspecified atom stereocenters. The van der Waals surface area contributed by atoms with Crippen LogP contribution in [0.4, 0.5) is 10.1 Å². The minimum absolute atomic E-state index is 0.209. The summed E-state index contributed by atoms with van der Waals surface area (Å²) in [5, 5.41) is 3.42. The number of benzene rings is 1. The first-order chi connectivity index (χ1) is 8.56. The van der Waals surface area contributed by atoms with Gasteiger partial charge in [0.1, 0.15) is 5.82 Å². The number of likely N-dealkylation sites (tertiary alicyclic amines) is 1. The van der Waals surface area contributed by atoms with Crippen LogP contribution in [0.15, 0.2) is 22.7 Å². The average molecular weight is 315 g/mol. The molecule has 0 aliphatic carbocycles. The first-order valence-corrected chi connectivity index (χ1v) is 7.31. The lowest BCUT2D eigenvalue weighted by molar-refractivity contribution is 0.177. The third kappa shape index (κ3) is 3.45. The highest BCUT2D eigenvalue weighted by molar-refractivity contribution is 9.10. The van der Waals surface area contributed by atoms with Gasteiger partial charge in [-0.2, -0.15) is 0 Å². The Kier molecular flexibility index (Phi) is 4.62. The van der Waals surface area contributed by atoms with Crippen molar-refractivity contribution >= 4 is 21.6 Å². The van der Waals surface area contributed by atoms with Crippen LogP contribution in [-0.2, 0) is 0 Å². The van der Waals surface area contributed by atoms with Crippen LogP contribution in [0.2, 0.25) is 0 Å². The predicted molar refractivity (Wildman–Crippen MR) is 77.5 cm³/mol. The van der Waals surface area contributed by atoms with Gasteiger partial charge in [-0.1, -0.05) is 0 Å². The number of piperidine rings is 1. The van der Waals surface area contributed by atoms with Crippen LogP contribution in [0.5, 0.6) is 0 Å². The highest BCUT2D eigenvalue weighted by Crippen LogP contribution is 2.22. The Bertz CT molecular complexity index is 401. The molecule has 0 spiro atoms. The lowest BCUT2D eigenvalue weighted by Crippen LogP contribution is -2.42. The molecule has 1 aliphatic rings. The SMILES string of the molecule is CC(C)N1CCC(Nc2ccc(Br)c(F)c2)CC1. The molecule has 2 rings (SSSR count). The zero-order chi connectivity index (χ0) is 13.1. The molecule has 0 aromatic heterocycles. The maximum absolute atomic E-state index is 13.4. The molecule has 0 bridgehead atoms. The summed E-state index contributed by atoms with van der Waals surface area (Å²) < 4.78 is 13.9. The summed E-state index contributed by atoms with van der Waals surface area (Å²) in [6.07, 6.45) is 2.24. The molecule has 1 aliphatic heterocycles. The van der Waals surface area contributed by atoms with Crippen molar-refractivity contribution in [2.75, 3.05) is 18.4 Å². The first-order valence-electron chi connectivity index (χ1n) is 6.52. The summed E-state index contributed by atoms with van der Waals surface area (Å²) in [5.74, 6) is -0.209. The van der Waals surface area contributed by atoms with E-state index in [2.05, 4.69) is 40.0 Å². The Balaban J connectivity index is 1.89. The molecular weight excluding hydrogens is 295 g/mol. The Labute approximate surface area is 117 Å².